The fourth-order valence-corrected chi connectivity index (χ4v) is 3.58. The molecule has 1 fully saturated rings. The molecule has 2 rings (SSSR count). The third-order valence-electron chi connectivity index (χ3n) is 3.05. The monoisotopic (exact) mass is 254 g/mol. The highest BCUT2D eigenvalue weighted by Crippen LogP contribution is 2.26. The predicted molar refractivity (Wildman–Crippen MR) is 74.5 cm³/mol. The van der Waals surface area contributed by atoms with Gasteiger partial charge in [-0.15, -0.1) is 11.3 Å². The van der Waals surface area contributed by atoms with E-state index in [9.17, 15) is 0 Å². The van der Waals surface area contributed by atoms with Gasteiger partial charge < -0.3 is 5.32 Å². The number of thioether (sulfide) groups is 1. The van der Waals surface area contributed by atoms with Crippen molar-refractivity contribution in [1.29, 1.82) is 0 Å². The molecule has 0 spiro atoms. The molecule has 1 N–H and O–H groups in total. The Kier molecular flexibility index (Phi) is 3.60. The molecule has 88 valence electrons. The minimum Gasteiger partial charge on any atom is -0.359 e. The average molecular weight is 254 g/mol. The van der Waals surface area contributed by atoms with Crippen molar-refractivity contribution in [3.8, 4) is 0 Å². The molecule has 0 amide bonds. The van der Waals surface area contributed by atoms with Crippen molar-refractivity contribution in [1.82, 2.24) is 5.32 Å². The largest absolute Gasteiger partial charge is 0.359 e. The van der Waals surface area contributed by atoms with Crippen molar-refractivity contribution in [2.45, 2.75) is 39.3 Å². The number of hydrogen-bond acceptors (Lipinski definition) is 3. The Balaban J connectivity index is 1.98. The smallest absolute Gasteiger partial charge is 0.157 e. The number of nitrogens with zero attached hydrogens (tertiary/aromatic N) is 1. The lowest BCUT2D eigenvalue weighted by Crippen LogP contribution is -2.39. The van der Waals surface area contributed by atoms with E-state index >= 15 is 0 Å². The van der Waals surface area contributed by atoms with E-state index in [-0.39, 0.29) is 5.54 Å². The minimum atomic E-state index is 0.244. The molecule has 1 atom stereocenters. The van der Waals surface area contributed by atoms with E-state index in [1.165, 1.54) is 10.4 Å². The SMILES string of the molecule is CCC1(C)CSC(=NCc2sccc2C)N1. The highest BCUT2D eigenvalue weighted by molar-refractivity contribution is 8.14. The number of hydrogen-bond donors (Lipinski definition) is 1. The average Bonchev–Trinajstić information content (AvgIpc) is 2.84. The molecule has 1 aromatic rings. The first kappa shape index (κ1) is 12.0. The number of amidine groups is 1. The Morgan fingerprint density at radius 2 is 2.38 bits per heavy atom. The number of thiophene rings is 1. The van der Waals surface area contributed by atoms with Crippen LogP contribution in [0.25, 0.3) is 0 Å². The van der Waals surface area contributed by atoms with Crippen LogP contribution in [0, 0.1) is 6.92 Å². The van der Waals surface area contributed by atoms with Crippen LogP contribution >= 0.6 is 23.1 Å². The first-order chi connectivity index (χ1) is 7.63. The molecule has 1 aliphatic rings. The topological polar surface area (TPSA) is 24.4 Å². The van der Waals surface area contributed by atoms with E-state index in [2.05, 4.69) is 42.5 Å². The summed E-state index contributed by atoms with van der Waals surface area (Å²) in [7, 11) is 0. The zero-order chi connectivity index (χ0) is 11.6. The second-order valence-corrected chi connectivity index (χ2v) is 6.44. The molecule has 16 heavy (non-hydrogen) atoms. The van der Waals surface area contributed by atoms with Gasteiger partial charge in [-0.05, 0) is 37.3 Å². The van der Waals surface area contributed by atoms with Gasteiger partial charge in [-0.2, -0.15) is 0 Å². The standard InChI is InChI=1S/C12H18N2S2/c1-4-12(3)8-16-11(14-12)13-7-10-9(2)5-6-15-10/h5-6H,4,7-8H2,1-3H3,(H,13,14). The lowest BCUT2D eigenvalue weighted by Gasteiger charge is -2.20. The summed E-state index contributed by atoms with van der Waals surface area (Å²) in [5, 5.41) is 6.76. The van der Waals surface area contributed by atoms with Crippen molar-refractivity contribution in [3.05, 3.63) is 21.9 Å². The van der Waals surface area contributed by atoms with Crippen molar-refractivity contribution >= 4 is 28.3 Å². The van der Waals surface area contributed by atoms with Gasteiger partial charge in [0.25, 0.3) is 0 Å². The highest BCUT2D eigenvalue weighted by Gasteiger charge is 2.30. The maximum Gasteiger partial charge on any atom is 0.157 e. The van der Waals surface area contributed by atoms with E-state index in [0.717, 1.165) is 23.9 Å². The molecule has 0 radical (unpaired) electrons. The van der Waals surface area contributed by atoms with E-state index in [1.807, 2.05) is 11.8 Å². The van der Waals surface area contributed by atoms with Crippen LogP contribution in [0.3, 0.4) is 0 Å². The molecule has 1 saturated heterocycles. The maximum atomic E-state index is 4.65. The van der Waals surface area contributed by atoms with E-state index in [4.69, 9.17) is 0 Å². The summed E-state index contributed by atoms with van der Waals surface area (Å²) in [5.74, 6) is 1.13. The quantitative estimate of drug-likeness (QED) is 0.894. The highest BCUT2D eigenvalue weighted by atomic mass is 32.2. The van der Waals surface area contributed by atoms with Crippen molar-refractivity contribution in [2.24, 2.45) is 4.99 Å². The molecule has 2 heterocycles. The third kappa shape index (κ3) is 2.61. The summed E-state index contributed by atoms with van der Waals surface area (Å²) in [6.07, 6.45) is 1.15. The summed E-state index contributed by atoms with van der Waals surface area (Å²) in [6.45, 7) is 7.45. The molecule has 2 nitrogen and oxygen atoms in total. The number of nitrogens with one attached hydrogen (secondary N) is 1. The second-order valence-electron chi connectivity index (χ2n) is 4.48. The Labute approximate surface area is 106 Å². The molecule has 4 heteroatoms. The molecule has 1 aromatic heterocycles. The molecule has 1 unspecified atom stereocenters. The van der Waals surface area contributed by atoms with Crippen LogP contribution in [0.15, 0.2) is 16.4 Å². The van der Waals surface area contributed by atoms with Crippen LogP contribution in [0.4, 0.5) is 0 Å². The Morgan fingerprint density at radius 1 is 1.56 bits per heavy atom. The van der Waals surface area contributed by atoms with Crippen molar-refractivity contribution in [2.75, 3.05) is 5.75 Å². The van der Waals surface area contributed by atoms with E-state index in [1.54, 1.807) is 11.3 Å². The van der Waals surface area contributed by atoms with Gasteiger partial charge in [0.05, 0.1) is 6.54 Å². The normalized spacial score (nSPS) is 27.3. The van der Waals surface area contributed by atoms with Gasteiger partial charge in [0.2, 0.25) is 0 Å². The van der Waals surface area contributed by atoms with Gasteiger partial charge in [-0.25, -0.2) is 0 Å². The molecule has 0 aromatic carbocycles. The predicted octanol–water partition coefficient (Wildman–Crippen LogP) is 3.42. The molecule has 0 saturated carbocycles. The second kappa shape index (κ2) is 4.80. The molecular formula is C12H18N2S2. The first-order valence-corrected chi connectivity index (χ1v) is 7.48. The van der Waals surface area contributed by atoms with Crippen LogP contribution in [0.1, 0.15) is 30.7 Å². The maximum absolute atomic E-state index is 4.65. The van der Waals surface area contributed by atoms with Gasteiger partial charge >= 0.3 is 0 Å². The molecule has 0 aliphatic carbocycles. The fraction of sp³-hybridized carbons (Fsp3) is 0.583. The van der Waals surface area contributed by atoms with Gasteiger partial charge in [0.15, 0.2) is 5.17 Å². The summed E-state index contributed by atoms with van der Waals surface area (Å²) in [6, 6.07) is 2.16. The zero-order valence-electron chi connectivity index (χ0n) is 10.0. The zero-order valence-corrected chi connectivity index (χ0v) is 11.7. The van der Waals surface area contributed by atoms with Crippen molar-refractivity contribution < 1.29 is 0 Å². The Bertz CT molecular complexity index is 397. The number of rotatable bonds is 3. The summed E-state index contributed by atoms with van der Waals surface area (Å²) in [5.41, 5.74) is 1.60. The number of aliphatic imine (C=N–C) groups is 1. The van der Waals surface area contributed by atoms with Crippen LogP contribution in [0.5, 0.6) is 0 Å². The third-order valence-corrected chi connectivity index (χ3v) is 5.34. The summed E-state index contributed by atoms with van der Waals surface area (Å²) in [4.78, 5) is 6.02. The van der Waals surface area contributed by atoms with Gasteiger partial charge in [0, 0.05) is 16.2 Å². The van der Waals surface area contributed by atoms with Crippen LogP contribution in [-0.2, 0) is 6.54 Å². The van der Waals surface area contributed by atoms with Gasteiger partial charge in [0.1, 0.15) is 0 Å². The van der Waals surface area contributed by atoms with Crippen LogP contribution in [-0.4, -0.2) is 16.5 Å². The van der Waals surface area contributed by atoms with Gasteiger partial charge in [-0.1, -0.05) is 18.7 Å². The van der Waals surface area contributed by atoms with Crippen LogP contribution < -0.4 is 5.32 Å². The van der Waals surface area contributed by atoms with Crippen LogP contribution in [0.2, 0.25) is 0 Å². The first-order valence-electron chi connectivity index (χ1n) is 5.61. The molecule has 0 bridgehead atoms. The minimum absolute atomic E-state index is 0.244. The molecule has 1 aliphatic heterocycles. The number of aryl methyl sites for hydroxylation is 1. The Hall–Kier alpha value is -0.480. The molecular weight excluding hydrogens is 236 g/mol. The lowest BCUT2D eigenvalue weighted by atomic mass is 10.0. The van der Waals surface area contributed by atoms with Gasteiger partial charge in [-0.3, -0.25) is 4.99 Å². The summed E-state index contributed by atoms with van der Waals surface area (Å²) >= 11 is 3.64. The fourth-order valence-electron chi connectivity index (χ4n) is 1.54. The van der Waals surface area contributed by atoms with Crippen molar-refractivity contribution in [3.63, 3.8) is 0 Å². The van der Waals surface area contributed by atoms with E-state index < -0.39 is 0 Å². The lowest BCUT2D eigenvalue weighted by molar-refractivity contribution is 0.466. The summed E-state index contributed by atoms with van der Waals surface area (Å²) < 4.78 is 0. The van der Waals surface area contributed by atoms with E-state index in [0.29, 0.717) is 0 Å². The Morgan fingerprint density at radius 3 is 2.94 bits per heavy atom.